The maximum Gasteiger partial charge on any atom is 0.221 e. The fraction of sp³-hybridized carbons (Fsp3) is 0.267. The number of halogens is 3. The first-order chi connectivity index (χ1) is 17.9. The summed E-state index contributed by atoms with van der Waals surface area (Å²) in [4.78, 5) is 15.3. The van der Waals surface area contributed by atoms with Crippen molar-refractivity contribution in [3.05, 3.63) is 112 Å². The molecular weight excluding hydrogens is 492 g/mol. The molecule has 0 bridgehead atoms. The fourth-order valence-corrected chi connectivity index (χ4v) is 4.83. The Balaban J connectivity index is 1.29. The van der Waals surface area contributed by atoms with Crippen LogP contribution in [0.5, 0.6) is 0 Å². The van der Waals surface area contributed by atoms with E-state index in [-0.39, 0.29) is 23.5 Å². The summed E-state index contributed by atoms with van der Waals surface area (Å²) in [6.45, 7) is 2.57. The molecule has 3 aromatic carbocycles. The highest BCUT2D eigenvalue weighted by Gasteiger charge is 2.23. The molecule has 1 fully saturated rings. The van der Waals surface area contributed by atoms with Gasteiger partial charge in [0.05, 0.1) is 17.7 Å². The van der Waals surface area contributed by atoms with E-state index in [1.165, 1.54) is 24.3 Å². The monoisotopic (exact) mass is 519 g/mol. The van der Waals surface area contributed by atoms with Gasteiger partial charge in [-0.2, -0.15) is 5.26 Å². The van der Waals surface area contributed by atoms with Gasteiger partial charge in [0.2, 0.25) is 5.91 Å². The molecule has 0 saturated carbocycles. The lowest BCUT2D eigenvalue weighted by atomic mass is 9.92. The molecule has 0 aliphatic carbocycles. The smallest absolute Gasteiger partial charge is 0.221 e. The van der Waals surface area contributed by atoms with Crippen LogP contribution in [0.15, 0.2) is 72.8 Å². The molecule has 7 heteroatoms. The first kappa shape index (κ1) is 26.5. The number of likely N-dealkylation sites (tertiary alicyclic amines) is 1. The van der Waals surface area contributed by atoms with Crippen molar-refractivity contribution in [1.29, 1.82) is 5.26 Å². The Hall–Kier alpha value is -3.53. The largest absolute Gasteiger partial charge is 0.345 e. The van der Waals surface area contributed by atoms with Gasteiger partial charge in [0.25, 0.3) is 0 Å². The van der Waals surface area contributed by atoms with Crippen LogP contribution in [-0.4, -0.2) is 30.4 Å². The summed E-state index contributed by atoms with van der Waals surface area (Å²) in [5, 5.41) is 12.6. The molecule has 4 rings (SSSR count). The first-order valence-corrected chi connectivity index (χ1v) is 12.7. The Morgan fingerprint density at radius 1 is 1.03 bits per heavy atom. The zero-order chi connectivity index (χ0) is 26.2. The summed E-state index contributed by atoms with van der Waals surface area (Å²) in [7, 11) is 0. The van der Waals surface area contributed by atoms with Crippen LogP contribution < -0.4 is 5.32 Å². The molecular formula is C30H28ClF2N3O. The molecule has 3 aromatic rings. The summed E-state index contributed by atoms with van der Waals surface area (Å²) in [6, 6.07) is 18.8. The molecule has 0 atom stereocenters. The molecule has 0 spiro atoms. The normalized spacial score (nSPS) is 14.7. The van der Waals surface area contributed by atoms with E-state index in [1.807, 2.05) is 12.1 Å². The summed E-state index contributed by atoms with van der Waals surface area (Å²) in [5.41, 5.74) is 2.90. The van der Waals surface area contributed by atoms with Gasteiger partial charge in [0.15, 0.2) is 0 Å². The first-order valence-electron chi connectivity index (χ1n) is 12.3. The van der Waals surface area contributed by atoms with E-state index < -0.39 is 6.04 Å². The second kappa shape index (κ2) is 12.6. The Morgan fingerprint density at radius 3 is 2.16 bits per heavy atom. The maximum atomic E-state index is 13.5. The molecule has 1 aliphatic rings. The molecule has 0 unspecified atom stereocenters. The summed E-state index contributed by atoms with van der Waals surface area (Å²) < 4.78 is 26.9. The van der Waals surface area contributed by atoms with Crippen LogP contribution in [-0.2, 0) is 4.79 Å². The van der Waals surface area contributed by atoms with Crippen LogP contribution in [0, 0.1) is 28.9 Å². The van der Waals surface area contributed by atoms with E-state index in [9.17, 15) is 13.6 Å². The quantitative estimate of drug-likeness (QED) is 0.369. The minimum absolute atomic E-state index is 0.0764. The number of piperidine rings is 1. The van der Waals surface area contributed by atoms with Gasteiger partial charge in [-0.3, -0.25) is 9.69 Å². The lowest BCUT2D eigenvalue weighted by molar-refractivity contribution is -0.122. The van der Waals surface area contributed by atoms with Gasteiger partial charge in [-0.25, -0.2) is 8.78 Å². The van der Waals surface area contributed by atoms with Crippen LogP contribution in [0.1, 0.15) is 47.6 Å². The Kier molecular flexibility index (Phi) is 9.05. The number of hydrogen-bond donors (Lipinski definition) is 1. The van der Waals surface area contributed by atoms with Gasteiger partial charge in [0.1, 0.15) is 11.6 Å². The van der Waals surface area contributed by atoms with Crippen molar-refractivity contribution in [3.63, 3.8) is 0 Å². The number of rotatable bonds is 8. The van der Waals surface area contributed by atoms with E-state index in [4.69, 9.17) is 16.9 Å². The lowest BCUT2D eigenvalue weighted by Crippen LogP contribution is -2.36. The number of carbonyl (C=O) groups is 1. The van der Waals surface area contributed by atoms with Gasteiger partial charge in [-0.1, -0.05) is 54.1 Å². The van der Waals surface area contributed by atoms with Crippen molar-refractivity contribution in [2.45, 2.75) is 25.3 Å². The molecule has 1 saturated heterocycles. The van der Waals surface area contributed by atoms with Gasteiger partial charge < -0.3 is 5.32 Å². The van der Waals surface area contributed by atoms with Crippen molar-refractivity contribution in [3.8, 4) is 6.07 Å². The lowest BCUT2D eigenvalue weighted by Gasteiger charge is -2.31. The standard InChI is InChI=1S/C30H28ClF2N3O/c31-28-18-22(20-34)3-4-23(28)2-1-15-36-16-13-21(14-17-36)19-29(37)35-30(24-5-9-26(32)10-6-24)25-7-11-27(33)12-8-25/h1-12,18,21,30H,13-17,19H2,(H,35,37)/b2-1+. The van der Waals surface area contributed by atoms with E-state index in [0.29, 0.717) is 17.0 Å². The summed E-state index contributed by atoms with van der Waals surface area (Å²) in [5.74, 6) is -0.508. The highest BCUT2D eigenvalue weighted by molar-refractivity contribution is 6.32. The van der Waals surface area contributed by atoms with Crippen molar-refractivity contribution < 1.29 is 13.6 Å². The average molecular weight is 520 g/mol. The Labute approximate surface area is 221 Å². The number of hydrogen-bond acceptors (Lipinski definition) is 3. The van der Waals surface area contributed by atoms with E-state index >= 15 is 0 Å². The predicted molar refractivity (Wildman–Crippen MR) is 142 cm³/mol. The number of benzene rings is 3. The number of nitrogens with one attached hydrogen (secondary N) is 1. The fourth-order valence-electron chi connectivity index (χ4n) is 4.59. The minimum Gasteiger partial charge on any atom is -0.345 e. The van der Waals surface area contributed by atoms with E-state index in [0.717, 1.165) is 49.2 Å². The third-order valence-corrected chi connectivity index (χ3v) is 7.01. The predicted octanol–water partition coefficient (Wildman–Crippen LogP) is 6.51. The average Bonchev–Trinajstić information content (AvgIpc) is 2.90. The number of amides is 1. The minimum atomic E-state index is -0.479. The van der Waals surface area contributed by atoms with E-state index in [2.05, 4.69) is 22.4 Å². The molecule has 0 aromatic heterocycles. The number of nitrogens with zero attached hydrogens (tertiary/aromatic N) is 2. The maximum absolute atomic E-state index is 13.5. The van der Waals surface area contributed by atoms with Crippen molar-refractivity contribution >= 4 is 23.6 Å². The highest BCUT2D eigenvalue weighted by atomic mass is 35.5. The third kappa shape index (κ3) is 7.48. The highest BCUT2D eigenvalue weighted by Crippen LogP contribution is 2.25. The van der Waals surface area contributed by atoms with Gasteiger partial charge in [0, 0.05) is 18.0 Å². The molecule has 0 radical (unpaired) electrons. The van der Waals surface area contributed by atoms with Crippen molar-refractivity contribution in [2.75, 3.05) is 19.6 Å². The third-order valence-electron chi connectivity index (χ3n) is 6.68. The second-order valence-electron chi connectivity index (χ2n) is 9.30. The van der Waals surface area contributed by atoms with Crippen LogP contribution in [0.4, 0.5) is 8.78 Å². The zero-order valence-electron chi connectivity index (χ0n) is 20.3. The molecule has 1 heterocycles. The molecule has 190 valence electrons. The topological polar surface area (TPSA) is 56.1 Å². The molecule has 4 nitrogen and oxygen atoms in total. The Morgan fingerprint density at radius 2 is 1.62 bits per heavy atom. The van der Waals surface area contributed by atoms with Crippen LogP contribution >= 0.6 is 11.6 Å². The van der Waals surface area contributed by atoms with Crippen molar-refractivity contribution in [2.24, 2.45) is 5.92 Å². The molecule has 37 heavy (non-hydrogen) atoms. The van der Waals surface area contributed by atoms with Gasteiger partial charge in [-0.05, 0) is 84.9 Å². The van der Waals surface area contributed by atoms with Crippen LogP contribution in [0.25, 0.3) is 6.08 Å². The molecule has 1 aliphatic heterocycles. The van der Waals surface area contributed by atoms with E-state index in [1.54, 1.807) is 36.4 Å². The number of nitriles is 1. The van der Waals surface area contributed by atoms with Gasteiger partial charge in [-0.15, -0.1) is 0 Å². The Bertz CT molecular complexity index is 1230. The van der Waals surface area contributed by atoms with Crippen LogP contribution in [0.3, 0.4) is 0 Å². The summed E-state index contributed by atoms with van der Waals surface area (Å²) >= 11 is 6.24. The second-order valence-corrected chi connectivity index (χ2v) is 9.71. The molecule has 1 N–H and O–H groups in total. The molecule has 1 amide bonds. The SMILES string of the molecule is N#Cc1ccc(/C=C/CN2CCC(CC(=O)NC(c3ccc(F)cc3)c3ccc(F)cc3)CC2)c(Cl)c1. The van der Waals surface area contributed by atoms with Gasteiger partial charge >= 0.3 is 0 Å². The number of carbonyl (C=O) groups excluding carboxylic acids is 1. The summed E-state index contributed by atoms with van der Waals surface area (Å²) in [6.07, 6.45) is 6.26. The zero-order valence-corrected chi connectivity index (χ0v) is 21.1. The van der Waals surface area contributed by atoms with Crippen LogP contribution in [0.2, 0.25) is 5.02 Å². The van der Waals surface area contributed by atoms with Crippen molar-refractivity contribution in [1.82, 2.24) is 10.2 Å².